The van der Waals surface area contributed by atoms with E-state index in [0.717, 1.165) is 40.8 Å². The molecule has 0 radical (unpaired) electrons. The molecule has 0 aliphatic carbocycles. The van der Waals surface area contributed by atoms with Crippen molar-refractivity contribution in [2.45, 2.75) is 12.8 Å². The maximum atomic E-state index is 12.7. The van der Waals surface area contributed by atoms with Gasteiger partial charge in [-0.25, -0.2) is 0 Å². The fourth-order valence-corrected chi connectivity index (χ4v) is 3.00. The normalized spacial score (nSPS) is 13.9. The van der Waals surface area contributed by atoms with Crippen LogP contribution in [0.3, 0.4) is 0 Å². The lowest BCUT2D eigenvalue weighted by atomic mass is 10.00. The minimum Gasteiger partial charge on any atom is -0.399 e. The summed E-state index contributed by atoms with van der Waals surface area (Å²) in [6.07, 6.45) is 1.94. The topological polar surface area (TPSA) is 46.3 Å². The molecule has 0 saturated carbocycles. The molecule has 2 aromatic carbocycles. The molecule has 1 aliphatic rings. The number of hydrogen-bond donors (Lipinski definition) is 1. The number of aryl methyl sites for hydroxylation is 1. The Balaban J connectivity index is 1.98. The summed E-state index contributed by atoms with van der Waals surface area (Å²) in [6, 6.07) is 13.3. The van der Waals surface area contributed by atoms with Gasteiger partial charge < -0.3 is 10.6 Å². The van der Waals surface area contributed by atoms with Gasteiger partial charge in [0.15, 0.2) is 0 Å². The molecule has 2 N–H and O–H groups in total. The predicted octanol–water partition coefficient (Wildman–Crippen LogP) is 3.62. The van der Waals surface area contributed by atoms with Gasteiger partial charge in [0.25, 0.3) is 5.91 Å². The molecule has 0 bridgehead atoms. The smallest absolute Gasteiger partial charge is 0.258 e. The van der Waals surface area contributed by atoms with Crippen molar-refractivity contribution >= 4 is 33.2 Å². The van der Waals surface area contributed by atoms with E-state index in [1.807, 2.05) is 47.4 Å². The molecule has 2 aromatic rings. The molecule has 4 heteroatoms. The third-order valence-corrected chi connectivity index (χ3v) is 4.03. The van der Waals surface area contributed by atoms with Crippen molar-refractivity contribution in [3.05, 3.63) is 58.1 Å². The number of halogens is 1. The number of benzene rings is 2. The van der Waals surface area contributed by atoms with Crippen molar-refractivity contribution in [1.29, 1.82) is 0 Å². The van der Waals surface area contributed by atoms with E-state index in [1.165, 1.54) is 0 Å². The van der Waals surface area contributed by atoms with Crippen molar-refractivity contribution in [1.82, 2.24) is 0 Å². The first-order chi connectivity index (χ1) is 9.65. The second kappa shape index (κ2) is 5.29. The van der Waals surface area contributed by atoms with Gasteiger partial charge in [0.2, 0.25) is 0 Å². The van der Waals surface area contributed by atoms with Crippen LogP contribution in [0.5, 0.6) is 0 Å². The number of anilines is 2. The molecular formula is C16H15BrN2O. The van der Waals surface area contributed by atoms with Crippen molar-refractivity contribution in [2.24, 2.45) is 0 Å². The van der Waals surface area contributed by atoms with Crippen LogP contribution < -0.4 is 10.6 Å². The molecule has 1 amide bonds. The third kappa shape index (κ3) is 2.43. The fraction of sp³-hybridized carbons (Fsp3) is 0.188. The SMILES string of the molecule is Nc1ccc2c(c1)CCCN2C(=O)c1cccc(Br)c1. The van der Waals surface area contributed by atoms with Crippen LogP contribution >= 0.6 is 15.9 Å². The number of amides is 1. The van der Waals surface area contributed by atoms with Gasteiger partial charge in [0.05, 0.1) is 0 Å². The van der Waals surface area contributed by atoms with Gasteiger partial charge in [-0.1, -0.05) is 22.0 Å². The minimum absolute atomic E-state index is 0.0389. The molecule has 3 nitrogen and oxygen atoms in total. The lowest BCUT2D eigenvalue weighted by Gasteiger charge is -2.29. The highest BCUT2D eigenvalue weighted by molar-refractivity contribution is 9.10. The van der Waals surface area contributed by atoms with Gasteiger partial charge in [0, 0.05) is 28.0 Å². The van der Waals surface area contributed by atoms with E-state index in [1.54, 1.807) is 0 Å². The van der Waals surface area contributed by atoms with Crippen molar-refractivity contribution in [3.8, 4) is 0 Å². The number of nitrogens with two attached hydrogens (primary N) is 1. The highest BCUT2D eigenvalue weighted by Crippen LogP contribution is 2.30. The Morgan fingerprint density at radius 1 is 1.20 bits per heavy atom. The minimum atomic E-state index is 0.0389. The first kappa shape index (κ1) is 13.2. The number of rotatable bonds is 1. The summed E-state index contributed by atoms with van der Waals surface area (Å²) in [5.41, 5.74) is 9.41. The summed E-state index contributed by atoms with van der Waals surface area (Å²) in [5.74, 6) is 0.0389. The maximum absolute atomic E-state index is 12.7. The first-order valence-electron chi connectivity index (χ1n) is 6.61. The molecule has 1 aliphatic heterocycles. The van der Waals surface area contributed by atoms with E-state index in [-0.39, 0.29) is 5.91 Å². The molecule has 0 atom stereocenters. The highest BCUT2D eigenvalue weighted by atomic mass is 79.9. The lowest BCUT2D eigenvalue weighted by molar-refractivity contribution is 0.0985. The van der Waals surface area contributed by atoms with Crippen molar-refractivity contribution < 1.29 is 4.79 Å². The molecule has 102 valence electrons. The predicted molar refractivity (Wildman–Crippen MR) is 85.0 cm³/mol. The monoisotopic (exact) mass is 330 g/mol. The van der Waals surface area contributed by atoms with Gasteiger partial charge in [0.1, 0.15) is 0 Å². The zero-order chi connectivity index (χ0) is 14.1. The van der Waals surface area contributed by atoms with Crippen molar-refractivity contribution in [2.75, 3.05) is 17.2 Å². The van der Waals surface area contributed by atoms with E-state index in [0.29, 0.717) is 5.56 Å². The van der Waals surface area contributed by atoms with E-state index in [9.17, 15) is 4.79 Å². The lowest BCUT2D eigenvalue weighted by Crippen LogP contribution is -2.35. The van der Waals surface area contributed by atoms with Crippen LogP contribution in [-0.4, -0.2) is 12.5 Å². The Kier molecular flexibility index (Phi) is 3.49. The van der Waals surface area contributed by atoms with E-state index < -0.39 is 0 Å². The number of nitrogen functional groups attached to an aromatic ring is 1. The van der Waals surface area contributed by atoms with Gasteiger partial charge in [-0.15, -0.1) is 0 Å². The first-order valence-corrected chi connectivity index (χ1v) is 7.40. The van der Waals surface area contributed by atoms with E-state index >= 15 is 0 Å². The summed E-state index contributed by atoms with van der Waals surface area (Å²) in [4.78, 5) is 14.5. The summed E-state index contributed by atoms with van der Waals surface area (Å²) in [5, 5.41) is 0. The number of carbonyl (C=O) groups is 1. The van der Waals surface area contributed by atoms with Crippen molar-refractivity contribution in [3.63, 3.8) is 0 Å². The number of fused-ring (bicyclic) bond motifs is 1. The van der Waals surface area contributed by atoms with Crippen LogP contribution in [0, 0.1) is 0 Å². The second-order valence-corrected chi connectivity index (χ2v) is 5.87. The third-order valence-electron chi connectivity index (χ3n) is 3.54. The molecule has 3 rings (SSSR count). The van der Waals surface area contributed by atoms with Gasteiger partial charge in [-0.05, 0) is 54.8 Å². The van der Waals surface area contributed by atoms with Crippen LogP contribution in [0.15, 0.2) is 46.9 Å². The van der Waals surface area contributed by atoms with E-state index in [2.05, 4.69) is 15.9 Å². The van der Waals surface area contributed by atoms with Crippen LogP contribution in [0.4, 0.5) is 11.4 Å². The quantitative estimate of drug-likeness (QED) is 0.811. The van der Waals surface area contributed by atoms with Gasteiger partial charge in [-0.3, -0.25) is 4.79 Å². The Hall–Kier alpha value is -1.81. The van der Waals surface area contributed by atoms with Crippen LogP contribution in [0.2, 0.25) is 0 Å². The van der Waals surface area contributed by atoms with Gasteiger partial charge >= 0.3 is 0 Å². The summed E-state index contributed by atoms with van der Waals surface area (Å²) < 4.78 is 0.915. The fourth-order valence-electron chi connectivity index (χ4n) is 2.61. The average molecular weight is 331 g/mol. The average Bonchev–Trinajstić information content (AvgIpc) is 2.45. The van der Waals surface area contributed by atoms with Crippen LogP contribution in [0.25, 0.3) is 0 Å². The molecule has 0 saturated heterocycles. The maximum Gasteiger partial charge on any atom is 0.258 e. The molecule has 1 heterocycles. The van der Waals surface area contributed by atoms with Crippen LogP contribution in [-0.2, 0) is 6.42 Å². The molecule has 20 heavy (non-hydrogen) atoms. The number of nitrogens with zero attached hydrogens (tertiary/aromatic N) is 1. The molecule has 0 fully saturated rings. The number of carbonyl (C=O) groups excluding carboxylic acids is 1. The summed E-state index contributed by atoms with van der Waals surface area (Å²) in [6.45, 7) is 0.752. The standard InChI is InChI=1S/C16H15BrN2O/c17-13-5-1-3-12(9-13)16(20)19-8-2-4-11-10-14(18)6-7-15(11)19/h1,3,5-7,9-10H,2,4,8,18H2. The Labute approximate surface area is 126 Å². The van der Waals surface area contributed by atoms with Gasteiger partial charge in [-0.2, -0.15) is 0 Å². The Morgan fingerprint density at radius 3 is 2.85 bits per heavy atom. The second-order valence-electron chi connectivity index (χ2n) is 4.96. The summed E-state index contributed by atoms with van der Waals surface area (Å²) >= 11 is 3.41. The zero-order valence-electron chi connectivity index (χ0n) is 11.0. The van der Waals surface area contributed by atoms with E-state index in [4.69, 9.17) is 5.73 Å². The zero-order valence-corrected chi connectivity index (χ0v) is 12.6. The molecule has 0 unspecified atom stereocenters. The Morgan fingerprint density at radius 2 is 2.05 bits per heavy atom. The highest BCUT2D eigenvalue weighted by Gasteiger charge is 2.23. The Bertz CT molecular complexity index is 669. The number of hydrogen-bond acceptors (Lipinski definition) is 2. The molecule has 0 spiro atoms. The van der Waals surface area contributed by atoms with Crippen LogP contribution in [0.1, 0.15) is 22.3 Å². The summed E-state index contributed by atoms with van der Waals surface area (Å²) in [7, 11) is 0. The molecular weight excluding hydrogens is 316 g/mol. The largest absolute Gasteiger partial charge is 0.399 e. The molecule has 0 aromatic heterocycles.